The number of aromatic hydroxyl groups is 5. The lowest BCUT2D eigenvalue weighted by molar-refractivity contribution is -0.0837. The third-order valence-electron chi connectivity index (χ3n) is 9.14. The molecule has 4 aromatic carbocycles. The number of aryl methyl sites for hydroxylation is 1. The van der Waals surface area contributed by atoms with Crippen LogP contribution in [0.5, 0.6) is 28.7 Å². The summed E-state index contributed by atoms with van der Waals surface area (Å²) in [6.07, 6.45) is 11.7. The van der Waals surface area contributed by atoms with Gasteiger partial charge >= 0.3 is 0 Å². The van der Waals surface area contributed by atoms with Gasteiger partial charge in [-0.15, -0.1) is 0 Å². The Hall–Kier alpha value is -4.20. The topological polar surface area (TPSA) is 122 Å². The number of benzene rings is 4. The fraction of sp³-hybridized carbons (Fsp3) is 0.333. The summed E-state index contributed by atoms with van der Waals surface area (Å²) >= 11 is 0. The van der Waals surface area contributed by atoms with E-state index in [0.717, 1.165) is 31.6 Å². The molecule has 0 amide bonds. The molecule has 1 spiro atoms. The van der Waals surface area contributed by atoms with E-state index in [-0.39, 0.29) is 39.7 Å². The first-order valence-electron chi connectivity index (χ1n) is 15.2. The number of fused-ring (bicyclic) bond motifs is 1. The smallest absolute Gasteiger partial charge is 0.169 e. The van der Waals surface area contributed by atoms with Gasteiger partial charge in [-0.25, -0.2) is 0 Å². The van der Waals surface area contributed by atoms with Crippen molar-refractivity contribution in [3.8, 4) is 28.7 Å². The van der Waals surface area contributed by atoms with E-state index in [1.807, 2.05) is 0 Å². The number of rotatable bonds is 8. The Morgan fingerprint density at radius 3 is 2.33 bits per heavy atom. The van der Waals surface area contributed by atoms with Crippen molar-refractivity contribution in [2.75, 3.05) is 6.61 Å². The molecule has 7 nitrogen and oxygen atoms in total. The van der Waals surface area contributed by atoms with Crippen LogP contribution in [-0.4, -0.2) is 43.8 Å². The molecule has 2 fully saturated rings. The Morgan fingerprint density at radius 2 is 1.56 bits per heavy atom. The van der Waals surface area contributed by atoms with Gasteiger partial charge < -0.3 is 35.6 Å². The average molecular weight is 582 g/mol. The van der Waals surface area contributed by atoms with Crippen molar-refractivity contribution in [2.24, 2.45) is 0 Å². The highest BCUT2D eigenvalue weighted by Crippen LogP contribution is 2.45. The molecule has 6 N–H and O–H groups in total. The van der Waals surface area contributed by atoms with E-state index in [9.17, 15) is 25.5 Å². The number of nitrogens with one attached hydrogen (secondary N) is 1. The first kappa shape index (κ1) is 28.9. The first-order valence-corrected chi connectivity index (χ1v) is 15.2. The molecule has 0 aromatic heterocycles. The second-order valence-corrected chi connectivity index (χ2v) is 12.0. The fourth-order valence-electron chi connectivity index (χ4n) is 6.76. The van der Waals surface area contributed by atoms with Crippen LogP contribution in [0.25, 0.3) is 22.9 Å². The Kier molecular flexibility index (Phi) is 8.19. The van der Waals surface area contributed by atoms with Gasteiger partial charge in [0.25, 0.3) is 0 Å². The number of hydrogen-bond acceptors (Lipinski definition) is 7. The van der Waals surface area contributed by atoms with Crippen molar-refractivity contribution in [2.45, 2.75) is 69.6 Å². The number of ether oxygens (including phenoxy) is 1. The minimum Gasteiger partial charge on any atom is -0.507 e. The largest absolute Gasteiger partial charge is 0.507 e. The Labute approximate surface area is 251 Å². The van der Waals surface area contributed by atoms with Crippen LogP contribution in [0.1, 0.15) is 66.3 Å². The summed E-state index contributed by atoms with van der Waals surface area (Å²) in [7, 11) is 0. The molecule has 0 unspecified atom stereocenters. The van der Waals surface area contributed by atoms with Gasteiger partial charge in [-0.2, -0.15) is 0 Å². The lowest BCUT2D eigenvalue weighted by Gasteiger charge is -2.38. The lowest BCUT2D eigenvalue weighted by atomic mass is 9.89. The van der Waals surface area contributed by atoms with Crippen molar-refractivity contribution >= 4 is 22.9 Å². The molecule has 43 heavy (non-hydrogen) atoms. The third kappa shape index (κ3) is 6.14. The van der Waals surface area contributed by atoms with E-state index in [1.165, 1.54) is 49.4 Å². The van der Waals surface area contributed by atoms with Crippen LogP contribution in [-0.2, 0) is 24.1 Å². The molecule has 1 aliphatic heterocycles. The number of phenolic OH excluding ortho intramolecular Hbond substituents is 5. The summed E-state index contributed by atoms with van der Waals surface area (Å²) in [5, 5.41) is 56.5. The highest BCUT2D eigenvalue weighted by atomic mass is 16.5. The molecule has 1 heterocycles. The second kappa shape index (κ2) is 12.2. The Morgan fingerprint density at radius 1 is 0.791 bits per heavy atom. The van der Waals surface area contributed by atoms with E-state index in [0.29, 0.717) is 41.0 Å². The molecule has 1 aliphatic carbocycles. The maximum Gasteiger partial charge on any atom is 0.169 e. The van der Waals surface area contributed by atoms with Crippen molar-refractivity contribution in [1.29, 1.82) is 0 Å². The molecule has 1 atom stereocenters. The van der Waals surface area contributed by atoms with Crippen molar-refractivity contribution in [1.82, 2.24) is 5.32 Å². The highest BCUT2D eigenvalue weighted by molar-refractivity contribution is 6.03. The van der Waals surface area contributed by atoms with Crippen LogP contribution in [0.2, 0.25) is 0 Å². The summed E-state index contributed by atoms with van der Waals surface area (Å²) in [5.41, 5.74) is 4.28. The van der Waals surface area contributed by atoms with Gasteiger partial charge in [-0.1, -0.05) is 67.5 Å². The summed E-state index contributed by atoms with van der Waals surface area (Å²) < 4.78 is 6.18. The minimum atomic E-state index is -0.351. The molecule has 1 saturated carbocycles. The van der Waals surface area contributed by atoms with E-state index >= 15 is 0 Å². The second-order valence-electron chi connectivity index (χ2n) is 12.0. The third-order valence-corrected chi connectivity index (χ3v) is 9.14. The molecule has 6 rings (SSSR count). The van der Waals surface area contributed by atoms with Crippen LogP contribution in [0.15, 0.2) is 60.7 Å². The van der Waals surface area contributed by atoms with Gasteiger partial charge in [-0.3, -0.25) is 0 Å². The molecule has 1 saturated heterocycles. The quantitative estimate of drug-likeness (QED) is 0.0988. The average Bonchev–Trinajstić information content (AvgIpc) is 3.45. The molecule has 0 radical (unpaired) electrons. The van der Waals surface area contributed by atoms with Crippen LogP contribution in [0, 0.1) is 0 Å². The first-order chi connectivity index (χ1) is 20.8. The van der Waals surface area contributed by atoms with E-state index in [4.69, 9.17) is 4.74 Å². The lowest BCUT2D eigenvalue weighted by Crippen LogP contribution is -2.45. The monoisotopic (exact) mass is 581 g/mol. The maximum atomic E-state index is 11.1. The van der Waals surface area contributed by atoms with Crippen molar-refractivity contribution in [3.05, 3.63) is 88.5 Å². The maximum absolute atomic E-state index is 11.1. The van der Waals surface area contributed by atoms with Gasteiger partial charge in [0.15, 0.2) is 23.0 Å². The molecular formula is C36H39NO6. The van der Waals surface area contributed by atoms with Crippen LogP contribution in [0.4, 0.5) is 0 Å². The summed E-state index contributed by atoms with van der Waals surface area (Å²) in [5.74, 6) is -1.19. The molecule has 4 aromatic rings. The Balaban J connectivity index is 1.19. The summed E-state index contributed by atoms with van der Waals surface area (Å²) in [6.45, 7) is 1.65. The van der Waals surface area contributed by atoms with Crippen molar-refractivity contribution < 1.29 is 30.3 Å². The zero-order valence-corrected chi connectivity index (χ0v) is 24.2. The van der Waals surface area contributed by atoms with Crippen LogP contribution in [0.3, 0.4) is 0 Å². The summed E-state index contributed by atoms with van der Waals surface area (Å²) in [6, 6.07) is 18.4. The highest BCUT2D eigenvalue weighted by Gasteiger charge is 2.39. The molecule has 0 bridgehead atoms. The van der Waals surface area contributed by atoms with Gasteiger partial charge in [-0.05, 0) is 84.4 Å². The molecular weight excluding hydrogens is 542 g/mol. The summed E-state index contributed by atoms with van der Waals surface area (Å²) in [4.78, 5) is 0. The predicted molar refractivity (Wildman–Crippen MR) is 169 cm³/mol. The van der Waals surface area contributed by atoms with Crippen LogP contribution < -0.4 is 5.32 Å². The normalized spacial score (nSPS) is 18.2. The minimum absolute atomic E-state index is 0.0984. The predicted octanol–water partition coefficient (Wildman–Crippen LogP) is 6.90. The Bertz CT molecular complexity index is 1640. The molecule has 224 valence electrons. The van der Waals surface area contributed by atoms with E-state index < -0.39 is 0 Å². The van der Waals surface area contributed by atoms with Gasteiger partial charge in [0.1, 0.15) is 5.75 Å². The number of phenols is 5. The molecule has 2 aliphatic rings. The van der Waals surface area contributed by atoms with E-state index in [1.54, 1.807) is 30.4 Å². The van der Waals surface area contributed by atoms with Gasteiger partial charge in [0, 0.05) is 24.8 Å². The zero-order valence-electron chi connectivity index (χ0n) is 24.2. The molecule has 7 heteroatoms. The van der Waals surface area contributed by atoms with Gasteiger partial charge in [0.05, 0.1) is 11.0 Å². The van der Waals surface area contributed by atoms with Gasteiger partial charge in [0.2, 0.25) is 0 Å². The van der Waals surface area contributed by atoms with Crippen molar-refractivity contribution in [3.63, 3.8) is 0 Å². The van der Waals surface area contributed by atoms with E-state index in [2.05, 4.69) is 29.6 Å². The fourth-order valence-corrected chi connectivity index (χ4v) is 6.76. The standard InChI is InChI=1S/C36H39NO6/c38-30-15-12-24(20-32(30)40)11-13-27-28-4-3-5-31(39)33(28)35(42)34(41)29(27)14-10-23-6-8-25(9-7-23)22-37-26-16-19-43-36(21-26)17-1-2-18-36/h3-9,11-13,15,20,26,37-42H,1-2,10,14,16-19,21-22H2/b13-11+/t26-/m1/s1. The van der Waals surface area contributed by atoms with Crippen LogP contribution >= 0.6 is 0 Å². The number of hydrogen-bond donors (Lipinski definition) is 6. The SMILES string of the molecule is Oc1ccc(/C=C/c2c(CCc3ccc(CN[C@@H]4CCOC5(CCCC5)C4)cc3)c(O)c(O)c3c(O)cccc23)cc1O. The zero-order chi connectivity index (χ0) is 30.0.